The first kappa shape index (κ1) is 22.5. The van der Waals surface area contributed by atoms with Crippen molar-refractivity contribution >= 4 is 20.7 Å². The van der Waals surface area contributed by atoms with Crippen LogP contribution in [0.25, 0.3) is 10.9 Å². The molecule has 0 spiro atoms. The van der Waals surface area contributed by atoms with Gasteiger partial charge in [0.25, 0.3) is 0 Å². The van der Waals surface area contributed by atoms with E-state index >= 15 is 0 Å². The summed E-state index contributed by atoms with van der Waals surface area (Å²) in [5.74, 6) is 0.151. The van der Waals surface area contributed by atoms with Gasteiger partial charge in [0.05, 0.1) is 30.0 Å². The maximum absolute atomic E-state index is 13.4. The van der Waals surface area contributed by atoms with Gasteiger partial charge >= 0.3 is 0 Å². The van der Waals surface area contributed by atoms with Crippen LogP contribution in [0.4, 0.5) is 4.39 Å². The standard InChI is InChI=1S/C25H22FNO5S/c1-16-4-6-17(7-5-16)14-27-15-24(33(29,30)19-10-8-18(26)9-11-19)25(28)20-12-22(31-2)23(32-3)13-21(20)27/h4-13,15H,14H2,1-3H3. The van der Waals surface area contributed by atoms with Gasteiger partial charge < -0.3 is 14.0 Å². The molecular weight excluding hydrogens is 445 g/mol. The van der Waals surface area contributed by atoms with E-state index in [1.54, 1.807) is 10.6 Å². The first-order chi connectivity index (χ1) is 15.7. The molecule has 4 aromatic rings. The largest absolute Gasteiger partial charge is 0.493 e. The topological polar surface area (TPSA) is 74.6 Å². The smallest absolute Gasteiger partial charge is 0.211 e. The number of halogens is 1. The molecule has 0 fully saturated rings. The average molecular weight is 468 g/mol. The number of sulfone groups is 1. The summed E-state index contributed by atoms with van der Waals surface area (Å²) < 4.78 is 52.5. The maximum Gasteiger partial charge on any atom is 0.211 e. The third-order valence-corrected chi connectivity index (χ3v) is 7.20. The van der Waals surface area contributed by atoms with Crippen LogP contribution in [-0.2, 0) is 16.4 Å². The fourth-order valence-corrected chi connectivity index (χ4v) is 5.01. The summed E-state index contributed by atoms with van der Waals surface area (Å²) in [6, 6.07) is 15.3. The number of methoxy groups -OCH3 is 2. The molecular formula is C25H22FNO5S. The van der Waals surface area contributed by atoms with E-state index in [0.717, 1.165) is 35.4 Å². The minimum absolute atomic E-state index is 0.164. The number of fused-ring (bicyclic) bond motifs is 1. The van der Waals surface area contributed by atoms with Gasteiger partial charge in [0.2, 0.25) is 15.3 Å². The second-order valence-corrected chi connectivity index (χ2v) is 9.54. The average Bonchev–Trinajstić information content (AvgIpc) is 2.81. The van der Waals surface area contributed by atoms with Crippen LogP contribution in [0.15, 0.2) is 81.4 Å². The van der Waals surface area contributed by atoms with Gasteiger partial charge in [0, 0.05) is 18.8 Å². The van der Waals surface area contributed by atoms with Crippen molar-refractivity contribution in [2.24, 2.45) is 0 Å². The van der Waals surface area contributed by atoms with Crippen LogP contribution in [0.1, 0.15) is 11.1 Å². The van der Waals surface area contributed by atoms with E-state index in [4.69, 9.17) is 9.47 Å². The highest BCUT2D eigenvalue weighted by Crippen LogP contribution is 2.32. The van der Waals surface area contributed by atoms with E-state index in [1.807, 2.05) is 31.2 Å². The number of aryl methyl sites for hydroxylation is 1. The van der Waals surface area contributed by atoms with Crippen molar-refractivity contribution < 1.29 is 22.3 Å². The molecule has 0 aliphatic carbocycles. The molecule has 1 heterocycles. The SMILES string of the molecule is COc1cc2c(=O)c(S(=O)(=O)c3ccc(F)cc3)cn(Cc3ccc(C)cc3)c2cc1OC. The third kappa shape index (κ3) is 4.21. The monoisotopic (exact) mass is 467 g/mol. The molecule has 33 heavy (non-hydrogen) atoms. The lowest BCUT2D eigenvalue weighted by atomic mass is 10.1. The normalized spacial score (nSPS) is 11.5. The number of pyridine rings is 1. The number of hydrogen-bond acceptors (Lipinski definition) is 5. The lowest BCUT2D eigenvalue weighted by Crippen LogP contribution is -2.20. The Balaban J connectivity index is 2.01. The minimum Gasteiger partial charge on any atom is -0.493 e. The van der Waals surface area contributed by atoms with Crippen molar-refractivity contribution in [2.75, 3.05) is 14.2 Å². The van der Waals surface area contributed by atoms with Crippen molar-refractivity contribution in [2.45, 2.75) is 23.3 Å². The van der Waals surface area contributed by atoms with Crippen LogP contribution in [0, 0.1) is 12.7 Å². The molecule has 0 saturated heterocycles. The fourth-order valence-electron chi connectivity index (χ4n) is 3.64. The Labute approximate surface area is 190 Å². The number of ether oxygens (including phenoxy) is 2. The van der Waals surface area contributed by atoms with Crippen LogP contribution in [0.2, 0.25) is 0 Å². The van der Waals surface area contributed by atoms with Crippen LogP contribution < -0.4 is 14.9 Å². The van der Waals surface area contributed by atoms with Gasteiger partial charge in [-0.25, -0.2) is 12.8 Å². The zero-order valence-corrected chi connectivity index (χ0v) is 19.1. The highest BCUT2D eigenvalue weighted by molar-refractivity contribution is 7.91. The summed E-state index contributed by atoms with van der Waals surface area (Å²) in [6.45, 7) is 2.29. The number of rotatable bonds is 6. The number of hydrogen-bond donors (Lipinski definition) is 0. The Hall–Kier alpha value is -3.65. The lowest BCUT2D eigenvalue weighted by Gasteiger charge is -2.16. The zero-order chi connectivity index (χ0) is 23.8. The molecule has 0 atom stereocenters. The van der Waals surface area contributed by atoms with Crippen molar-refractivity contribution in [3.05, 3.63) is 94.0 Å². The molecule has 0 amide bonds. The minimum atomic E-state index is -4.21. The maximum atomic E-state index is 13.4. The molecule has 3 aromatic carbocycles. The Morgan fingerprint density at radius 2 is 1.52 bits per heavy atom. The quantitative estimate of drug-likeness (QED) is 0.394. The molecule has 170 valence electrons. The highest BCUT2D eigenvalue weighted by Gasteiger charge is 2.25. The summed E-state index contributed by atoms with van der Waals surface area (Å²) in [5, 5.41) is 0.169. The van der Waals surface area contributed by atoms with Crippen LogP contribution in [0.5, 0.6) is 11.5 Å². The van der Waals surface area contributed by atoms with Gasteiger partial charge in [-0.3, -0.25) is 4.79 Å². The van der Waals surface area contributed by atoms with Gasteiger partial charge in [-0.15, -0.1) is 0 Å². The van der Waals surface area contributed by atoms with Crippen molar-refractivity contribution in [1.82, 2.24) is 4.57 Å². The molecule has 0 radical (unpaired) electrons. The molecule has 4 rings (SSSR count). The second-order valence-electron chi connectivity index (χ2n) is 7.62. The van der Waals surface area contributed by atoms with Gasteiger partial charge in [0.1, 0.15) is 10.7 Å². The summed E-state index contributed by atoms with van der Waals surface area (Å²) in [6.07, 6.45) is 1.33. The van der Waals surface area contributed by atoms with Crippen molar-refractivity contribution in [1.29, 1.82) is 0 Å². The molecule has 1 aromatic heterocycles. The van der Waals surface area contributed by atoms with E-state index in [0.29, 0.717) is 23.6 Å². The molecule has 0 unspecified atom stereocenters. The molecule has 0 aliphatic rings. The van der Waals surface area contributed by atoms with Gasteiger partial charge in [-0.05, 0) is 42.8 Å². The summed E-state index contributed by atoms with van der Waals surface area (Å²) in [4.78, 5) is 12.8. The Kier molecular flexibility index (Phi) is 5.95. The van der Waals surface area contributed by atoms with E-state index in [1.165, 1.54) is 26.5 Å². The van der Waals surface area contributed by atoms with Crippen LogP contribution >= 0.6 is 0 Å². The zero-order valence-electron chi connectivity index (χ0n) is 18.3. The predicted molar refractivity (Wildman–Crippen MR) is 123 cm³/mol. The molecule has 0 N–H and O–H groups in total. The van der Waals surface area contributed by atoms with Crippen LogP contribution in [-0.4, -0.2) is 27.2 Å². The molecule has 6 nitrogen and oxygen atoms in total. The van der Waals surface area contributed by atoms with E-state index < -0.39 is 26.0 Å². The summed E-state index contributed by atoms with van der Waals surface area (Å²) in [7, 11) is -1.28. The van der Waals surface area contributed by atoms with Crippen molar-refractivity contribution in [3.8, 4) is 11.5 Å². The van der Waals surface area contributed by atoms with Crippen LogP contribution in [0.3, 0.4) is 0 Å². The van der Waals surface area contributed by atoms with E-state index in [9.17, 15) is 17.6 Å². The molecule has 0 bridgehead atoms. The van der Waals surface area contributed by atoms with E-state index in [-0.39, 0.29) is 10.3 Å². The van der Waals surface area contributed by atoms with E-state index in [2.05, 4.69) is 0 Å². The first-order valence-electron chi connectivity index (χ1n) is 10.1. The predicted octanol–water partition coefficient (Wildman–Crippen LogP) is 4.35. The Bertz CT molecular complexity index is 1490. The molecule has 0 saturated carbocycles. The molecule has 0 aliphatic heterocycles. The Morgan fingerprint density at radius 3 is 2.12 bits per heavy atom. The number of benzene rings is 3. The first-order valence-corrected chi connectivity index (χ1v) is 11.6. The van der Waals surface area contributed by atoms with Gasteiger partial charge in [-0.1, -0.05) is 29.8 Å². The van der Waals surface area contributed by atoms with Crippen molar-refractivity contribution in [3.63, 3.8) is 0 Å². The fraction of sp³-hybridized carbons (Fsp3) is 0.160. The second kappa shape index (κ2) is 8.71. The van der Waals surface area contributed by atoms with Gasteiger partial charge in [-0.2, -0.15) is 0 Å². The summed E-state index contributed by atoms with van der Waals surface area (Å²) >= 11 is 0. The Morgan fingerprint density at radius 1 is 0.909 bits per heavy atom. The number of aromatic nitrogens is 1. The molecule has 8 heteroatoms. The highest BCUT2D eigenvalue weighted by atomic mass is 32.2. The lowest BCUT2D eigenvalue weighted by molar-refractivity contribution is 0.355. The third-order valence-electron chi connectivity index (χ3n) is 5.44. The summed E-state index contributed by atoms with van der Waals surface area (Å²) in [5.41, 5.74) is 1.84. The van der Waals surface area contributed by atoms with Gasteiger partial charge in [0.15, 0.2) is 11.5 Å². The number of nitrogens with zero attached hydrogens (tertiary/aromatic N) is 1.